The summed E-state index contributed by atoms with van der Waals surface area (Å²) in [6.45, 7) is 1.12. The molecule has 1 atom stereocenters. The first-order valence-electron chi connectivity index (χ1n) is 4.79. The highest BCUT2D eigenvalue weighted by molar-refractivity contribution is 7.91. The number of nitrogens with zero attached hydrogens (tertiary/aromatic N) is 1. The SMILES string of the molecule is O=S(=O)(NC1CCCOC1)c1cnc(Cl)s1. The van der Waals surface area contributed by atoms with Crippen LogP contribution >= 0.6 is 22.9 Å². The highest BCUT2D eigenvalue weighted by atomic mass is 35.5. The zero-order valence-corrected chi connectivity index (χ0v) is 10.7. The smallest absolute Gasteiger partial charge is 0.252 e. The summed E-state index contributed by atoms with van der Waals surface area (Å²) in [4.78, 5) is 3.71. The van der Waals surface area contributed by atoms with Gasteiger partial charge in [0.2, 0.25) is 0 Å². The van der Waals surface area contributed by atoms with Gasteiger partial charge in [-0.2, -0.15) is 0 Å². The van der Waals surface area contributed by atoms with Gasteiger partial charge >= 0.3 is 0 Å². The molecule has 1 aliphatic rings. The van der Waals surface area contributed by atoms with Crippen molar-refractivity contribution in [3.8, 4) is 0 Å². The Kier molecular flexibility index (Phi) is 3.81. The fraction of sp³-hybridized carbons (Fsp3) is 0.625. The van der Waals surface area contributed by atoms with Crippen molar-refractivity contribution < 1.29 is 13.2 Å². The van der Waals surface area contributed by atoms with Crippen LogP contribution in [0.15, 0.2) is 10.4 Å². The molecule has 8 heteroatoms. The summed E-state index contributed by atoms with van der Waals surface area (Å²) in [6, 6.07) is -0.153. The summed E-state index contributed by atoms with van der Waals surface area (Å²) in [5.41, 5.74) is 0. The van der Waals surface area contributed by atoms with Crippen LogP contribution in [0.1, 0.15) is 12.8 Å². The van der Waals surface area contributed by atoms with Crippen molar-refractivity contribution in [3.63, 3.8) is 0 Å². The second-order valence-corrected chi connectivity index (χ2v) is 7.02. The van der Waals surface area contributed by atoms with Gasteiger partial charge in [-0.3, -0.25) is 0 Å². The van der Waals surface area contributed by atoms with Crippen LogP contribution in [0.2, 0.25) is 4.47 Å². The minimum absolute atomic E-state index is 0.142. The van der Waals surface area contributed by atoms with Gasteiger partial charge in [-0.15, -0.1) is 0 Å². The van der Waals surface area contributed by atoms with E-state index < -0.39 is 10.0 Å². The molecule has 0 radical (unpaired) electrons. The Morgan fingerprint density at radius 2 is 2.44 bits per heavy atom. The van der Waals surface area contributed by atoms with E-state index in [9.17, 15) is 8.42 Å². The Morgan fingerprint density at radius 3 is 3.00 bits per heavy atom. The number of rotatable bonds is 3. The molecule has 1 unspecified atom stereocenters. The first kappa shape index (κ1) is 12.3. The molecule has 16 heavy (non-hydrogen) atoms. The predicted octanol–water partition coefficient (Wildman–Crippen LogP) is 1.25. The Bertz CT molecular complexity index is 454. The molecule has 1 saturated heterocycles. The zero-order chi connectivity index (χ0) is 11.6. The van der Waals surface area contributed by atoms with Crippen LogP contribution in [0.3, 0.4) is 0 Å². The average molecular weight is 283 g/mol. The molecule has 1 N–H and O–H groups in total. The van der Waals surface area contributed by atoms with Gasteiger partial charge in [0, 0.05) is 12.6 Å². The van der Waals surface area contributed by atoms with Crippen LogP contribution in [0.4, 0.5) is 0 Å². The van der Waals surface area contributed by atoms with Crippen molar-refractivity contribution in [2.45, 2.75) is 23.1 Å². The summed E-state index contributed by atoms with van der Waals surface area (Å²) in [7, 11) is -3.50. The average Bonchev–Trinajstić information content (AvgIpc) is 2.66. The van der Waals surface area contributed by atoms with Crippen molar-refractivity contribution in [1.29, 1.82) is 0 Å². The molecule has 0 spiro atoms. The van der Waals surface area contributed by atoms with Gasteiger partial charge < -0.3 is 4.74 Å². The number of hydrogen-bond acceptors (Lipinski definition) is 5. The van der Waals surface area contributed by atoms with Crippen LogP contribution < -0.4 is 4.72 Å². The Morgan fingerprint density at radius 1 is 1.62 bits per heavy atom. The maximum Gasteiger partial charge on any atom is 0.252 e. The molecule has 0 saturated carbocycles. The third kappa shape index (κ3) is 2.92. The van der Waals surface area contributed by atoms with Gasteiger partial charge in [-0.25, -0.2) is 18.1 Å². The molecule has 0 amide bonds. The van der Waals surface area contributed by atoms with Gasteiger partial charge in [0.05, 0.1) is 12.8 Å². The third-order valence-corrected chi connectivity index (χ3v) is 5.30. The van der Waals surface area contributed by atoms with Crippen molar-refractivity contribution in [2.75, 3.05) is 13.2 Å². The third-order valence-electron chi connectivity index (χ3n) is 2.20. The molecule has 90 valence electrons. The summed E-state index contributed by atoms with van der Waals surface area (Å²) in [5.74, 6) is 0. The standard InChI is InChI=1S/C8H11ClN2O3S2/c9-8-10-4-7(15-8)16(12,13)11-6-2-1-3-14-5-6/h4,6,11H,1-3,5H2. The van der Waals surface area contributed by atoms with Crippen molar-refractivity contribution in [1.82, 2.24) is 9.71 Å². The largest absolute Gasteiger partial charge is 0.380 e. The summed E-state index contributed by atoms with van der Waals surface area (Å²) in [6.07, 6.45) is 2.93. The minimum atomic E-state index is -3.50. The summed E-state index contributed by atoms with van der Waals surface area (Å²) < 4.78 is 31.9. The lowest BCUT2D eigenvalue weighted by Gasteiger charge is -2.22. The molecule has 2 rings (SSSR count). The van der Waals surface area contributed by atoms with Crippen LogP contribution in [-0.4, -0.2) is 32.7 Å². The minimum Gasteiger partial charge on any atom is -0.380 e. The van der Waals surface area contributed by atoms with Gasteiger partial charge in [0.15, 0.2) is 8.68 Å². The maximum absolute atomic E-state index is 11.9. The van der Waals surface area contributed by atoms with Crippen LogP contribution in [-0.2, 0) is 14.8 Å². The molecule has 2 heterocycles. The van der Waals surface area contributed by atoms with Gasteiger partial charge in [-0.1, -0.05) is 22.9 Å². The van der Waals surface area contributed by atoms with E-state index in [0.29, 0.717) is 13.2 Å². The monoisotopic (exact) mass is 282 g/mol. The molecular formula is C8H11ClN2O3S2. The highest BCUT2D eigenvalue weighted by Crippen LogP contribution is 2.23. The van der Waals surface area contributed by atoms with Gasteiger partial charge in [-0.05, 0) is 12.8 Å². The second-order valence-electron chi connectivity index (χ2n) is 3.47. The van der Waals surface area contributed by atoms with Crippen LogP contribution in [0.25, 0.3) is 0 Å². The van der Waals surface area contributed by atoms with E-state index in [-0.39, 0.29) is 14.7 Å². The number of halogens is 1. The Labute approximate surface area is 103 Å². The zero-order valence-electron chi connectivity index (χ0n) is 8.35. The highest BCUT2D eigenvalue weighted by Gasteiger charge is 2.23. The molecular weight excluding hydrogens is 272 g/mol. The van der Waals surface area contributed by atoms with E-state index in [1.807, 2.05) is 0 Å². The van der Waals surface area contributed by atoms with Gasteiger partial charge in [0.25, 0.3) is 10.0 Å². The maximum atomic E-state index is 11.9. The molecule has 1 aromatic heterocycles. The van der Waals surface area contributed by atoms with E-state index in [4.69, 9.17) is 16.3 Å². The molecule has 5 nitrogen and oxygen atoms in total. The molecule has 1 aromatic rings. The summed E-state index contributed by atoms with van der Waals surface area (Å²) in [5, 5.41) is 0. The number of ether oxygens (including phenoxy) is 1. The number of nitrogens with one attached hydrogen (secondary N) is 1. The normalized spacial score (nSPS) is 22.2. The number of hydrogen-bond donors (Lipinski definition) is 1. The molecule has 0 aromatic carbocycles. The van der Waals surface area contributed by atoms with Crippen molar-refractivity contribution >= 4 is 33.0 Å². The lowest BCUT2D eigenvalue weighted by Crippen LogP contribution is -2.40. The van der Waals surface area contributed by atoms with E-state index in [2.05, 4.69) is 9.71 Å². The van der Waals surface area contributed by atoms with Crippen molar-refractivity contribution in [3.05, 3.63) is 10.7 Å². The second kappa shape index (κ2) is 4.97. The topological polar surface area (TPSA) is 68.3 Å². The van der Waals surface area contributed by atoms with Crippen LogP contribution in [0.5, 0.6) is 0 Å². The lowest BCUT2D eigenvalue weighted by atomic mass is 10.1. The molecule has 0 bridgehead atoms. The van der Waals surface area contributed by atoms with E-state index in [1.54, 1.807) is 0 Å². The lowest BCUT2D eigenvalue weighted by molar-refractivity contribution is 0.0774. The fourth-order valence-electron chi connectivity index (χ4n) is 1.47. The van der Waals surface area contributed by atoms with Crippen LogP contribution in [0, 0.1) is 0 Å². The number of aromatic nitrogens is 1. The summed E-state index contributed by atoms with van der Waals surface area (Å²) >= 11 is 6.55. The Balaban J connectivity index is 2.07. The van der Waals surface area contributed by atoms with Crippen molar-refractivity contribution in [2.24, 2.45) is 0 Å². The quantitative estimate of drug-likeness (QED) is 0.906. The van der Waals surface area contributed by atoms with E-state index >= 15 is 0 Å². The first-order valence-corrected chi connectivity index (χ1v) is 7.47. The predicted molar refractivity (Wildman–Crippen MR) is 61.3 cm³/mol. The van der Waals surface area contributed by atoms with E-state index in [0.717, 1.165) is 24.2 Å². The molecule has 0 aliphatic carbocycles. The molecule has 1 fully saturated rings. The number of thiazole rings is 1. The van der Waals surface area contributed by atoms with E-state index in [1.165, 1.54) is 6.20 Å². The van der Waals surface area contributed by atoms with Gasteiger partial charge in [0.1, 0.15) is 0 Å². The number of sulfonamides is 1. The Hall–Kier alpha value is -0.210. The molecule has 1 aliphatic heterocycles. The first-order chi connectivity index (χ1) is 7.58. The fourth-order valence-corrected chi connectivity index (χ4v) is 4.04.